The van der Waals surface area contributed by atoms with E-state index in [2.05, 4.69) is 46.2 Å². The average molecular weight is 359 g/mol. The van der Waals surface area contributed by atoms with Gasteiger partial charge in [0, 0.05) is 21.9 Å². The molecule has 0 bridgehead atoms. The maximum Gasteiger partial charge on any atom is 0.159 e. The number of aromatic nitrogens is 2. The van der Waals surface area contributed by atoms with Gasteiger partial charge in [-0.15, -0.1) is 0 Å². The molecule has 1 aliphatic rings. The fourth-order valence-electron chi connectivity index (χ4n) is 3.25. The Morgan fingerprint density at radius 2 is 2.00 bits per heavy atom. The molecule has 1 atom stereocenters. The minimum atomic E-state index is 0.834. The molecule has 0 fully saturated rings. The van der Waals surface area contributed by atoms with Gasteiger partial charge in [0.05, 0.1) is 0 Å². The number of hydrogen-bond acceptors (Lipinski definition) is 2. The minimum absolute atomic E-state index is 0.834. The lowest BCUT2D eigenvalue weighted by Gasteiger charge is -2.23. The molecule has 0 saturated heterocycles. The maximum atomic E-state index is 4.82. The van der Waals surface area contributed by atoms with E-state index in [4.69, 9.17) is 4.98 Å². The zero-order chi connectivity index (χ0) is 15.4. The van der Waals surface area contributed by atoms with Crippen LogP contribution in [0.2, 0.25) is 0 Å². The summed E-state index contributed by atoms with van der Waals surface area (Å²) in [5.74, 6) is 1.69. The van der Waals surface area contributed by atoms with E-state index in [1.807, 2.05) is 12.1 Å². The van der Waals surface area contributed by atoms with Crippen LogP contribution in [0.5, 0.6) is 0 Å². The van der Waals surface area contributed by atoms with Crippen LogP contribution in [-0.4, -0.2) is 9.97 Å². The van der Waals surface area contributed by atoms with Crippen molar-refractivity contribution in [3.05, 3.63) is 46.2 Å². The second-order valence-electron chi connectivity index (χ2n) is 6.28. The van der Waals surface area contributed by atoms with Gasteiger partial charge in [-0.25, -0.2) is 9.97 Å². The Hall–Kier alpha value is -1.22. The standard InChI is InChI=1S/C19H23BrN2/c1-2-3-4-5-14-6-11-18-16(12-14)13-21-19(22-18)15-7-9-17(20)10-8-15/h7-10,13-14H,2-6,11-12H2,1H3. The summed E-state index contributed by atoms with van der Waals surface area (Å²) < 4.78 is 1.09. The molecule has 1 aromatic carbocycles. The number of fused-ring (bicyclic) bond motifs is 1. The lowest BCUT2D eigenvalue weighted by Crippen LogP contribution is -2.16. The molecule has 1 unspecified atom stereocenters. The molecule has 0 spiro atoms. The highest BCUT2D eigenvalue weighted by Crippen LogP contribution is 2.29. The zero-order valence-corrected chi connectivity index (χ0v) is 14.8. The van der Waals surface area contributed by atoms with Gasteiger partial charge >= 0.3 is 0 Å². The zero-order valence-electron chi connectivity index (χ0n) is 13.2. The summed E-state index contributed by atoms with van der Waals surface area (Å²) in [6.45, 7) is 2.27. The largest absolute Gasteiger partial charge is 0.236 e. The van der Waals surface area contributed by atoms with Gasteiger partial charge in [0.25, 0.3) is 0 Å². The Labute approximate surface area is 141 Å². The number of nitrogens with zero attached hydrogens (tertiary/aromatic N) is 2. The van der Waals surface area contributed by atoms with Gasteiger partial charge in [0.2, 0.25) is 0 Å². The van der Waals surface area contributed by atoms with E-state index in [9.17, 15) is 0 Å². The number of benzene rings is 1. The Kier molecular flexibility index (Phi) is 5.24. The van der Waals surface area contributed by atoms with Crippen molar-refractivity contribution in [3.63, 3.8) is 0 Å². The van der Waals surface area contributed by atoms with Crippen LogP contribution in [0.1, 0.15) is 50.3 Å². The van der Waals surface area contributed by atoms with Crippen LogP contribution in [0.15, 0.2) is 34.9 Å². The van der Waals surface area contributed by atoms with Crippen molar-refractivity contribution in [3.8, 4) is 11.4 Å². The van der Waals surface area contributed by atoms with E-state index in [0.717, 1.165) is 28.2 Å². The fourth-order valence-corrected chi connectivity index (χ4v) is 3.51. The molecule has 0 radical (unpaired) electrons. The molecule has 22 heavy (non-hydrogen) atoms. The topological polar surface area (TPSA) is 25.8 Å². The fraction of sp³-hybridized carbons (Fsp3) is 0.474. The molecule has 0 amide bonds. The van der Waals surface area contributed by atoms with Gasteiger partial charge in [0.1, 0.15) is 0 Å². The molecule has 2 aromatic rings. The van der Waals surface area contributed by atoms with Crippen molar-refractivity contribution in [2.24, 2.45) is 5.92 Å². The molecule has 0 saturated carbocycles. The van der Waals surface area contributed by atoms with Gasteiger partial charge in [-0.2, -0.15) is 0 Å². The van der Waals surface area contributed by atoms with Crippen molar-refractivity contribution in [2.45, 2.75) is 51.9 Å². The SMILES string of the molecule is CCCCCC1CCc2nc(-c3ccc(Br)cc3)ncc2C1. The van der Waals surface area contributed by atoms with Crippen LogP contribution in [0, 0.1) is 5.92 Å². The molecule has 2 nitrogen and oxygen atoms in total. The average Bonchev–Trinajstić information content (AvgIpc) is 2.55. The second-order valence-corrected chi connectivity index (χ2v) is 7.19. The van der Waals surface area contributed by atoms with Crippen LogP contribution >= 0.6 is 15.9 Å². The van der Waals surface area contributed by atoms with Crippen LogP contribution < -0.4 is 0 Å². The Morgan fingerprint density at radius 1 is 1.18 bits per heavy atom. The summed E-state index contributed by atoms with van der Waals surface area (Å²) in [5, 5.41) is 0. The second kappa shape index (κ2) is 7.36. The molecule has 0 N–H and O–H groups in total. The molecular formula is C19H23BrN2. The quantitative estimate of drug-likeness (QED) is 0.650. The first-order valence-corrected chi connectivity index (χ1v) is 9.16. The predicted octanol–water partition coefficient (Wildman–Crippen LogP) is 5.59. The van der Waals surface area contributed by atoms with E-state index >= 15 is 0 Å². The van der Waals surface area contributed by atoms with Gasteiger partial charge in [-0.1, -0.05) is 60.7 Å². The van der Waals surface area contributed by atoms with Crippen molar-refractivity contribution in [1.82, 2.24) is 9.97 Å². The molecule has 3 rings (SSSR count). The molecule has 1 aromatic heterocycles. The maximum absolute atomic E-state index is 4.82. The third kappa shape index (κ3) is 3.75. The summed E-state index contributed by atoms with van der Waals surface area (Å²) in [4.78, 5) is 9.41. The summed E-state index contributed by atoms with van der Waals surface area (Å²) in [6, 6.07) is 8.23. The Balaban J connectivity index is 1.72. The van der Waals surface area contributed by atoms with Gasteiger partial charge in [-0.05, 0) is 42.9 Å². The van der Waals surface area contributed by atoms with Crippen molar-refractivity contribution < 1.29 is 0 Å². The molecule has 1 aliphatic carbocycles. The number of aryl methyl sites for hydroxylation is 1. The molecule has 116 valence electrons. The Bertz CT molecular complexity index is 622. The predicted molar refractivity (Wildman–Crippen MR) is 94.8 cm³/mol. The van der Waals surface area contributed by atoms with E-state index in [0.29, 0.717) is 0 Å². The number of hydrogen-bond donors (Lipinski definition) is 0. The number of rotatable bonds is 5. The highest BCUT2D eigenvalue weighted by Gasteiger charge is 2.20. The minimum Gasteiger partial charge on any atom is -0.236 e. The molecule has 0 aliphatic heterocycles. The van der Waals surface area contributed by atoms with Gasteiger partial charge in [0.15, 0.2) is 5.82 Å². The molecular weight excluding hydrogens is 336 g/mol. The van der Waals surface area contributed by atoms with Crippen LogP contribution in [0.4, 0.5) is 0 Å². The monoisotopic (exact) mass is 358 g/mol. The third-order valence-corrected chi connectivity index (χ3v) is 5.10. The van der Waals surface area contributed by atoms with Crippen molar-refractivity contribution in [2.75, 3.05) is 0 Å². The smallest absolute Gasteiger partial charge is 0.159 e. The summed E-state index contributed by atoms with van der Waals surface area (Å²) in [6.07, 6.45) is 11.0. The number of halogens is 1. The van der Waals surface area contributed by atoms with Crippen molar-refractivity contribution in [1.29, 1.82) is 0 Å². The lowest BCUT2D eigenvalue weighted by atomic mass is 9.84. The summed E-state index contributed by atoms with van der Waals surface area (Å²) >= 11 is 3.47. The van der Waals surface area contributed by atoms with Crippen LogP contribution in [-0.2, 0) is 12.8 Å². The highest BCUT2D eigenvalue weighted by molar-refractivity contribution is 9.10. The summed E-state index contributed by atoms with van der Waals surface area (Å²) in [7, 11) is 0. The van der Waals surface area contributed by atoms with E-state index < -0.39 is 0 Å². The molecule has 3 heteroatoms. The lowest BCUT2D eigenvalue weighted by molar-refractivity contribution is 0.404. The van der Waals surface area contributed by atoms with E-state index in [1.165, 1.54) is 49.8 Å². The highest BCUT2D eigenvalue weighted by atomic mass is 79.9. The van der Waals surface area contributed by atoms with Crippen molar-refractivity contribution >= 4 is 15.9 Å². The Morgan fingerprint density at radius 3 is 2.77 bits per heavy atom. The normalized spacial score (nSPS) is 17.3. The molecule has 1 heterocycles. The summed E-state index contributed by atoms with van der Waals surface area (Å²) in [5.41, 5.74) is 3.73. The van der Waals surface area contributed by atoms with Crippen LogP contribution in [0.3, 0.4) is 0 Å². The first-order chi connectivity index (χ1) is 10.8. The van der Waals surface area contributed by atoms with E-state index in [-0.39, 0.29) is 0 Å². The van der Waals surface area contributed by atoms with E-state index in [1.54, 1.807) is 0 Å². The number of unbranched alkanes of at least 4 members (excludes halogenated alkanes) is 2. The first kappa shape index (κ1) is 15.7. The van der Waals surface area contributed by atoms with Crippen LogP contribution in [0.25, 0.3) is 11.4 Å². The van der Waals surface area contributed by atoms with Gasteiger partial charge in [-0.3, -0.25) is 0 Å². The first-order valence-electron chi connectivity index (χ1n) is 8.37. The van der Waals surface area contributed by atoms with Gasteiger partial charge < -0.3 is 0 Å². The third-order valence-electron chi connectivity index (χ3n) is 4.57.